The lowest BCUT2D eigenvalue weighted by Gasteiger charge is -2.10. The largest absolute Gasteiger partial charge is 0.369 e. The van der Waals surface area contributed by atoms with Gasteiger partial charge in [0.1, 0.15) is 5.82 Å². The topological polar surface area (TPSA) is 100 Å². The second-order valence-electron chi connectivity index (χ2n) is 4.11. The number of rotatable bonds is 7. The maximum atomic E-state index is 11.4. The second-order valence-corrected chi connectivity index (χ2v) is 6.16. The third-order valence-electron chi connectivity index (χ3n) is 2.71. The van der Waals surface area contributed by atoms with Crippen molar-refractivity contribution in [2.75, 3.05) is 36.5 Å². The number of hydrogen-bond donors (Lipinski definition) is 3. The van der Waals surface area contributed by atoms with Crippen molar-refractivity contribution in [1.29, 1.82) is 0 Å². The van der Waals surface area contributed by atoms with E-state index in [1.54, 1.807) is 6.20 Å². The molecule has 2 aromatic rings. The zero-order valence-corrected chi connectivity index (χ0v) is 12.2. The molecule has 0 radical (unpaired) electrons. The highest BCUT2D eigenvalue weighted by molar-refractivity contribution is 7.89. The molecule has 8 nitrogen and oxygen atoms in total. The fourth-order valence-corrected chi connectivity index (χ4v) is 2.30. The van der Waals surface area contributed by atoms with Gasteiger partial charge < -0.3 is 15.0 Å². The summed E-state index contributed by atoms with van der Waals surface area (Å²) in [7, 11) is -1.84. The van der Waals surface area contributed by atoms with Crippen LogP contribution in [-0.4, -0.2) is 48.7 Å². The number of aromatic nitrogens is 3. The van der Waals surface area contributed by atoms with Gasteiger partial charge in [0.2, 0.25) is 10.0 Å². The average molecular weight is 298 g/mol. The third-order valence-corrected chi connectivity index (χ3v) is 4.07. The molecular formula is C11H18N6O2S. The number of nitrogens with zero attached hydrogens (tertiary/aromatic N) is 3. The minimum atomic E-state index is -3.23. The summed E-state index contributed by atoms with van der Waals surface area (Å²) < 4.78 is 26.8. The number of anilines is 2. The Morgan fingerprint density at radius 2 is 2.15 bits per heavy atom. The standard InChI is InChI=1S/C11H18N6O2S/c1-3-13-9-8-17-6-4-15-11(17)10(16-9)14-5-7-20(18,19)12-2/h4,6,8,12-13H,3,5,7H2,1-2H3,(H,14,16). The van der Waals surface area contributed by atoms with E-state index in [4.69, 9.17) is 0 Å². The van der Waals surface area contributed by atoms with E-state index in [2.05, 4.69) is 25.3 Å². The van der Waals surface area contributed by atoms with Crippen molar-refractivity contribution >= 4 is 27.3 Å². The predicted molar refractivity (Wildman–Crippen MR) is 78.5 cm³/mol. The monoisotopic (exact) mass is 298 g/mol. The van der Waals surface area contributed by atoms with Gasteiger partial charge in [-0.15, -0.1) is 0 Å². The first-order chi connectivity index (χ1) is 9.55. The van der Waals surface area contributed by atoms with E-state index in [-0.39, 0.29) is 12.3 Å². The van der Waals surface area contributed by atoms with Crippen LogP contribution in [-0.2, 0) is 10.0 Å². The number of fused-ring (bicyclic) bond motifs is 1. The van der Waals surface area contributed by atoms with Crippen LogP contribution in [0.5, 0.6) is 0 Å². The molecule has 0 aromatic carbocycles. The Morgan fingerprint density at radius 1 is 1.35 bits per heavy atom. The van der Waals surface area contributed by atoms with Crippen molar-refractivity contribution in [3.8, 4) is 0 Å². The van der Waals surface area contributed by atoms with Crippen molar-refractivity contribution in [1.82, 2.24) is 19.1 Å². The van der Waals surface area contributed by atoms with Crippen molar-refractivity contribution in [2.45, 2.75) is 6.92 Å². The fourth-order valence-electron chi connectivity index (χ4n) is 1.72. The van der Waals surface area contributed by atoms with E-state index in [9.17, 15) is 8.42 Å². The maximum absolute atomic E-state index is 11.4. The lowest BCUT2D eigenvalue weighted by molar-refractivity contribution is 0.588. The van der Waals surface area contributed by atoms with Crippen LogP contribution >= 0.6 is 0 Å². The molecule has 0 aliphatic heterocycles. The molecule has 20 heavy (non-hydrogen) atoms. The SMILES string of the molecule is CCNc1cn2ccnc2c(NCCS(=O)(=O)NC)n1. The summed E-state index contributed by atoms with van der Waals surface area (Å²) >= 11 is 0. The Balaban J connectivity index is 2.17. The highest BCUT2D eigenvalue weighted by Gasteiger charge is 2.10. The summed E-state index contributed by atoms with van der Waals surface area (Å²) in [6.45, 7) is 2.99. The summed E-state index contributed by atoms with van der Waals surface area (Å²) in [5.41, 5.74) is 0.661. The first-order valence-corrected chi connectivity index (χ1v) is 7.93. The first kappa shape index (κ1) is 14.5. The van der Waals surface area contributed by atoms with Crippen molar-refractivity contribution in [2.24, 2.45) is 0 Å². The van der Waals surface area contributed by atoms with Crippen LogP contribution in [0.25, 0.3) is 5.65 Å². The third kappa shape index (κ3) is 3.36. The smallest absolute Gasteiger partial charge is 0.213 e. The summed E-state index contributed by atoms with van der Waals surface area (Å²) in [5, 5.41) is 6.13. The molecule has 0 fully saturated rings. The molecule has 0 aliphatic rings. The molecule has 0 aliphatic carbocycles. The summed E-state index contributed by atoms with van der Waals surface area (Å²) in [6.07, 6.45) is 5.32. The highest BCUT2D eigenvalue weighted by Crippen LogP contribution is 2.15. The van der Waals surface area contributed by atoms with E-state index in [1.165, 1.54) is 7.05 Å². The Bertz CT molecular complexity index is 681. The van der Waals surface area contributed by atoms with E-state index in [0.717, 1.165) is 6.54 Å². The van der Waals surface area contributed by atoms with Crippen LogP contribution in [0.2, 0.25) is 0 Å². The Morgan fingerprint density at radius 3 is 2.85 bits per heavy atom. The molecule has 3 N–H and O–H groups in total. The Kier molecular flexibility index (Phi) is 4.40. The molecule has 0 atom stereocenters. The molecule has 2 aromatic heterocycles. The molecule has 9 heteroatoms. The molecule has 0 amide bonds. The molecule has 0 saturated carbocycles. The van der Waals surface area contributed by atoms with Gasteiger partial charge in [0.05, 0.1) is 11.9 Å². The number of imidazole rings is 1. The first-order valence-electron chi connectivity index (χ1n) is 6.28. The lowest BCUT2D eigenvalue weighted by Crippen LogP contribution is -2.26. The average Bonchev–Trinajstić information content (AvgIpc) is 2.87. The Labute approximate surface area is 117 Å². The van der Waals surface area contributed by atoms with Gasteiger partial charge >= 0.3 is 0 Å². The molecule has 2 rings (SSSR count). The predicted octanol–water partition coefficient (Wildman–Crippen LogP) is 0.122. The summed E-state index contributed by atoms with van der Waals surface area (Å²) in [4.78, 5) is 8.59. The lowest BCUT2D eigenvalue weighted by atomic mass is 10.5. The van der Waals surface area contributed by atoms with Gasteiger partial charge in [0.25, 0.3) is 0 Å². The zero-order valence-electron chi connectivity index (χ0n) is 11.4. The number of hydrogen-bond acceptors (Lipinski definition) is 6. The molecule has 0 unspecified atom stereocenters. The van der Waals surface area contributed by atoms with Gasteiger partial charge in [-0.3, -0.25) is 0 Å². The number of sulfonamides is 1. The van der Waals surface area contributed by atoms with Crippen molar-refractivity contribution < 1.29 is 8.42 Å². The Hall–Kier alpha value is -1.87. The van der Waals surface area contributed by atoms with Crippen LogP contribution in [0.1, 0.15) is 6.92 Å². The minimum absolute atomic E-state index is 0.0243. The fraction of sp³-hybridized carbons (Fsp3) is 0.455. The molecular weight excluding hydrogens is 280 g/mol. The minimum Gasteiger partial charge on any atom is -0.369 e. The normalized spacial score (nSPS) is 11.7. The molecule has 0 spiro atoms. The van der Waals surface area contributed by atoms with Crippen molar-refractivity contribution in [3.63, 3.8) is 0 Å². The van der Waals surface area contributed by atoms with E-state index < -0.39 is 10.0 Å². The summed E-state index contributed by atoms with van der Waals surface area (Å²) in [5.74, 6) is 1.24. The van der Waals surface area contributed by atoms with E-state index >= 15 is 0 Å². The highest BCUT2D eigenvalue weighted by atomic mass is 32.2. The van der Waals surface area contributed by atoms with Gasteiger partial charge in [0.15, 0.2) is 11.5 Å². The van der Waals surface area contributed by atoms with Crippen LogP contribution in [0.4, 0.5) is 11.6 Å². The van der Waals surface area contributed by atoms with Gasteiger partial charge in [-0.1, -0.05) is 0 Å². The van der Waals surface area contributed by atoms with Crippen LogP contribution in [0.3, 0.4) is 0 Å². The number of nitrogens with one attached hydrogen (secondary N) is 3. The van der Waals surface area contributed by atoms with Gasteiger partial charge in [-0.2, -0.15) is 0 Å². The maximum Gasteiger partial charge on any atom is 0.213 e. The molecule has 0 bridgehead atoms. The quantitative estimate of drug-likeness (QED) is 0.671. The van der Waals surface area contributed by atoms with E-state index in [0.29, 0.717) is 17.3 Å². The molecule has 2 heterocycles. The van der Waals surface area contributed by atoms with Crippen LogP contribution in [0, 0.1) is 0 Å². The van der Waals surface area contributed by atoms with Gasteiger partial charge in [0, 0.05) is 25.5 Å². The van der Waals surface area contributed by atoms with Gasteiger partial charge in [-0.05, 0) is 14.0 Å². The molecule has 110 valence electrons. The second kappa shape index (κ2) is 6.06. The van der Waals surface area contributed by atoms with Crippen LogP contribution < -0.4 is 15.4 Å². The van der Waals surface area contributed by atoms with E-state index in [1.807, 2.05) is 23.7 Å². The van der Waals surface area contributed by atoms with Gasteiger partial charge in [-0.25, -0.2) is 23.1 Å². The van der Waals surface area contributed by atoms with Crippen molar-refractivity contribution in [3.05, 3.63) is 18.6 Å². The molecule has 0 saturated heterocycles. The zero-order chi connectivity index (χ0) is 14.6. The summed E-state index contributed by atoms with van der Waals surface area (Å²) in [6, 6.07) is 0. The van der Waals surface area contributed by atoms with Crippen LogP contribution in [0.15, 0.2) is 18.6 Å².